The van der Waals surface area contributed by atoms with Crippen LogP contribution in [0.3, 0.4) is 0 Å². The molecule has 1 aromatic heterocycles. The molecule has 1 spiro atoms. The molecule has 0 bridgehead atoms. The van der Waals surface area contributed by atoms with Crippen molar-refractivity contribution in [2.75, 3.05) is 25.5 Å². The highest BCUT2D eigenvalue weighted by Gasteiger charge is 2.50. The largest absolute Gasteiger partial charge is 0.330 e. The molecule has 2 amide bonds. The number of aromatic nitrogens is 2. The molecule has 0 unspecified atom stereocenters. The molecule has 2 heterocycles. The highest BCUT2D eigenvalue weighted by Crippen LogP contribution is 2.46. The van der Waals surface area contributed by atoms with Gasteiger partial charge in [0.25, 0.3) is 0 Å². The van der Waals surface area contributed by atoms with Gasteiger partial charge in [-0.3, -0.25) is 9.80 Å². The molecule has 1 aromatic carbocycles. The van der Waals surface area contributed by atoms with Gasteiger partial charge in [0.2, 0.25) is 5.28 Å². The van der Waals surface area contributed by atoms with Crippen LogP contribution in [-0.4, -0.2) is 47.1 Å². The highest BCUT2D eigenvalue weighted by atomic mass is 35.5. The Morgan fingerprint density at radius 1 is 1.11 bits per heavy atom. The molecule has 27 heavy (non-hydrogen) atoms. The summed E-state index contributed by atoms with van der Waals surface area (Å²) in [5, 5.41) is 3.38. The lowest BCUT2D eigenvalue weighted by Gasteiger charge is -2.48. The zero-order valence-corrected chi connectivity index (χ0v) is 16.4. The predicted octanol–water partition coefficient (Wildman–Crippen LogP) is 3.43. The zero-order chi connectivity index (χ0) is 19.1. The van der Waals surface area contributed by atoms with Gasteiger partial charge in [0.05, 0.1) is 12.1 Å². The number of nitrogens with one attached hydrogen (secondary N) is 1. The standard InChI is InChI=1S/C20H24ClN5O/c1-25(2)20(15-6-4-3-5-7-15)11-9-19(10-12-20)14-26(18(27)24-19)16-8-13-22-17(21)23-16/h3-8,13H,9-12,14H2,1-2H3,(H,24,27)/t19-,20+. The third-order valence-electron chi connectivity index (χ3n) is 6.17. The smallest absolute Gasteiger partial charge is 0.323 e. The van der Waals surface area contributed by atoms with Crippen LogP contribution in [0, 0.1) is 0 Å². The third kappa shape index (κ3) is 3.17. The molecule has 2 aromatic rings. The molecule has 2 aliphatic rings. The van der Waals surface area contributed by atoms with Crippen LogP contribution < -0.4 is 10.2 Å². The monoisotopic (exact) mass is 385 g/mol. The van der Waals surface area contributed by atoms with Crippen LogP contribution in [0.4, 0.5) is 10.6 Å². The Morgan fingerprint density at radius 3 is 2.44 bits per heavy atom. The Balaban J connectivity index is 1.55. The zero-order valence-electron chi connectivity index (χ0n) is 15.7. The molecule has 4 rings (SSSR count). The molecule has 1 aliphatic carbocycles. The van der Waals surface area contributed by atoms with Gasteiger partial charge in [0.1, 0.15) is 5.82 Å². The number of carbonyl (C=O) groups is 1. The van der Waals surface area contributed by atoms with Gasteiger partial charge in [-0.2, -0.15) is 0 Å². The van der Waals surface area contributed by atoms with Gasteiger partial charge in [0.15, 0.2) is 0 Å². The average molecular weight is 386 g/mol. The summed E-state index contributed by atoms with van der Waals surface area (Å²) in [7, 11) is 4.29. The Morgan fingerprint density at radius 2 is 1.81 bits per heavy atom. The van der Waals surface area contributed by atoms with Crippen molar-refractivity contribution in [2.45, 2.75) is 36.8 Å². The van der Waals surface area contributed by atoms with Crippen LogP contribution in [0.15, 0.2) is 42.6 Å². The second-order valence-corrected chi connectivity index (χ2v) is 8.11. The molecule has 1 saturated carbocycles. The number of halogens is 1. The molecule has 0 radical (unpaired) electrons. The van der Waals surface area contributed by atoms with E-state index in [1.807, 2.05) is 0 Å². The quantitative estimate of drug-likeness (QED) is 0.822. The van der Waals surface area contributed by atoms with E-state index in [4.69, 9.17) is 11.6 Å². The summed E-state index contributed by atoms with van der Waals surface area (Å²) in [5.74, 6) is 0.553. The van der Waals surface area contributed by atoms with Crippen LogP contribution in [0.2, 0.25) is 5.28 Å². The number of anilines is 1. The lowest BCUT2D eigenvalue weighted by Crippen LogP contribution is -2.54. The van der Waals surface area contributed by atoms with Crippen molar-refractivity contribution < 1.29 is 4.79 Å². The first-order chi connectivity index (χ1) is 12.9. The Kier molecular flexibility index (Phi) is 4.56. The number of hydrogen-bond donors (Lipinski definition) is 1. The van der Waals surface area contributed by atoms with Crippen molar-refractivity contribution in [2.24, 2.45) is 0 Å². The first-order valence-electron chi connectivity index (χ1n) is 9.25. The van der Waals surface area contributed by atoms with E-state index in [-0.39, 0.29) is 22.4 Å². The summed E-state index contributed by atoms with van der Waals surface area (Å²) < 4.78 is 0. The summed E-state index contributed by atoms with van der Waals surface area (Å²) in [6.07, 6.45) is 5.39. The van der Waals surface area contributed by atoms with Crippen molar-refractivity contribution >= 4 is 23.4 Å². The minimum atomic E-state index is -0.219. The average Bonchev–Trinajstić information content (AvgIpc) is 2.99. The lowest BCUT2D eigenvalue weighted by atomic mass is 9.69. The number of urea groups is 1. The second-order valence-electron chi connectivity index (χ2n) is 7.77. The summed E-state index contributed by atoms with van der Waals surface area (Å²) in [6, 6.07) is 12.3. The van der Waals surface area contributed by atoms with Crippen LogP contribution in [0.5, 0.6) is 0 Å². The van der Waals surface area contributed by atoms with Crippen molar-refractivity contribution in [3.05, 3.63) is 53.4 Å². The molecule has 142 valence electrons. The Bertz CT molecular complexity index is 833. The molecular formula is C20H24ClN5O. The number of rotatable bonds is 3. The summed E-state index contributed by atoms with van der Waals surface area (Å²) in [5.41, 5.74) is 1.12. The summed E-state index contributed by atoms with van der Waals surface area (Å²) in [4.78, 5) is 24.7. The fourth-order valence-electron chi connectivity index (χ4n) is 4.54. The van der Waals surface area contributed by atoms with Gasteiger partial charge < -0.3 is 5.32 Å². The normalized spacial score (nSPS) is 28.0. The molecule has 2 fully saturated rings. The number of nitrogens with zero attached hydrogens (tertiary/aromatic N) is 4. The van der Waals surface area contributed by atoms with Gasteiger partial charge in [-0.05, 0) is 63.0 Å². The highest BCUT2D eigenvalue weighted by molar-refractivity contribution is 6.28. The first-order valence-corrected chi connectivity index (χ1v) is 9.63. The first kappa shape index (κ1) is 18.2. The Hall–Kier alpha value is -2.18. The molecular weight excluding hydrogens is 362 g/mol. The van der Waals surface area contributed by atoms with E-state index in [1.54, 1.807) is 17.2 Å². The maximum absolute atomic E-state index is 12.6. The summed E-state index contributed by atoms with van der Waals surface area (Å²) >= 11 is 5.90. The van der Waals surface area contributed by atoms with Crippen LogP contribution in [0.1, 0.15) is 31.2 Å². The number of carbonyl (C=O) groups excluding carboxylic acids is 1. The Labute approximate surface area is 164 Å². The van der Waals surface area contributed by atoms with E-state index < -0.39 is 0 Å². The minimum Gasteiger partial charge on any atom is -0.330 e. The van der Waals surface area contributed by atoms with E-state index in [0.29, 0.717) is 12.4 Å². The molecule has 0 atom stereocenters. The number of amides is 2. The maximum Gasteiger partial charge on any atom is 0.323 e. The van der Waals surface area contributed by atoms with Crippen molar-refractivity contribution in [3.8, 4) is 0 Å². The second kappa shape index (κ2) is 6.77. The summed E-state index contributed by atoms with van der Waals surface area (Å²) in [6.45, 7) is 0.609. The maximum atomic E-state index is 12.6. The van der Waals surface area contributed by atoms with Crippen molar-refractivity contribution in [3.63, 3.8) is 0 Å². The van der Waals surface area contributed by atoms with E-state index >= 15 is 0 Å². The lowest BCUT2D eigenvalue weighted by molar-refractivity contribution is 0.0657. The van der Waals surface area contributed by atoms with E-state index in [0.717, 1.165) is 25.7 Å². The van der Waals surface area contributed by atoms with Crippen LogP contribution >= 0.6 is 11.6 Å². The molecule has 1 N–H and O–H groups in total. The van der Waals surface area contributed by atoms with E-state index in [9.17, 15) is 4.79 Å². The number of benzene rings is 1. The van der Waals surface area contributed by atoms with Crippen molar-refractivity contribution in [1.82, 2.24) is 20.2 Å². The third-order valence-corrected chi connectivity index (χ3v) is 6.35. The predicted molar refractivity (Wildman–Crippen MR) is 106 cm³/mol. The molecule has 1 aliphatic heterocycles. The van der Waals surface area contributed by atoms with Crippen molar-refractivity contribution in [1.29, 1.82) is 0 Å². The molecule has 7 heteroatoms. The fourth-order valence-corrected chi connectivity index (χ4v) is 4.68. The van der Waals surface area contributed by atoms with Gasteiger partial charge in [-0.15, -0.1) is 0 Å². The minimum absolute atomic E-state index is 0.00286. The van der Waals surface area contributed by atoms with Gasteiger partial charge >= 0.3 is 6.03 Å². The fraction of sp³-hybridized carbons (Fsp3) is 0.450. The van der Waals surface area contributed by atoms with Gasteiger partial charge in [0, 0.05) is 11.7 Å². The van der Waals surface area contributed by atoms with Gasteiger partial charge in [-0.1, -0.05) is 30.3 Å². The topological polar surface area (TPSA) is 61.4 Å². The van der Waals surface area contributed by atoms with Crippen LogP contribution in [0.25, 0.3) is 0 Å². The number of hydrogen-bond acceptors (Lipinski definition) is 4. The molecule has 6 nitrogen and oxygen atoms in total. The van der Waals surface area contributed by atoms with E-state index in [2.05, 4.69) is 64.6 Å². The van der Waals surface area contributed by atoms with E-state index in [1.165, 1.54) is 5.56 Å². The molecule has 1 saturated heterocycles. The van der Waals surface area contributed by atoms with Gasteiger partial charge in [-0.25, -0.2) is 14.8 Å². The SMILES string of the molecule is CN(C)[C@]1(c2ccccc2)CC[C@]2(CC1)CN(c1ccnc(Cl)n1)C(=O)N2. The van der Waals surface area contributed by atoms with Crippen LogP contribution in [-0.2, 0) is 5.54 Å².